The molecule has 136 valence electrons. The number of piperidine rings is 1. The molecule has 0 amide bonds. The summed E-state index contributed by atoms with van der Waals surface area (Å²) in [5, 5.41) is 19.4. The molecule has 0 bridgehead atoms. The van der Waals surface area contributed by atoms with Crippen molar-refractivity contribution in [2.75, 3.05) is 19.6 Å². The fraction of sp³-hybridized carbons (Fsp3) is 0.889. The second kappa shape index (κ2) is 9.02. The van der Waals surface area contributed by atoms with Gasteiger partial charge in [0, 0.05) is 18.2 Å². The average Bonchev–Trinajstić information content (AvgIpc) is 2.45. The maximum Gasteiger partial charge on any atom is 0.118 e. The van der Waals surface area contributed by atoms with Crippen LogP contribution in [0.3, 0.4) is 0 Å². The molecule has 5 nitrogen and oxygen atoms in total. The lowest BCUT2D eigenvalue weighted by molar-refractivity contribution is 0.0215. The van der Waals surface area contributed by atoms with Gasteiger partial charge in [-0.05, 0) is 66.0 Å². The zero-order valence-corrected chi connectivity index (χ0v) is 15.8. The van der Waals surface area contributed by atoms with Gasteiger partial charge in [-0.3, -0.25) is 0 Å². The molecule has 2 unspecified atom stereocenters. The smallest absolute Gasteiger partial charge is 0.118 e. The first kappa shape index (κ1) is 20.4. The van der Waals surface area contributed by atoms with E-state index in [0.29, 0.717) is 11.8 Å². The molecule has 1 saturated heterocycles. The van der Waals surface area contributed by atoms with Crippen molar-refractivity contribution in [3.63, 3.8) is 0 Å². The normalized spacial score (nSPS) is 21.7. The van der Waals surface area contributed by atoms with Crippen molar-refractivity contribution in [1.82, 2.24) is 15.8 Å². The van der Waals surface area contributed by atoms with E-state index in [1.165, 1.54) is 11.3 Å². The van der Waals surface area contributed by atoms with Crippen LogP contribution in [0.4, 0.5) is 0 Å². The molecule has 1 aliphatic rings. The maximum absolute atomic E-state index is 9.97. The Balaban J connectivity index is 2.63. The Bertz CT molecular complexity index is 380. The molecule has 1 fully saturated rings. The Labute approximate surface area is 142 Å². The molecule has 0 aromatic heterocycles. The van der Waals surface area contributed by atoms with Crippen LogP contribution in [0.25, 0.3) is 0 Å². The monoisotopic (exact) mass is 327 g/mol. The van der Waals surface area contributed by atoms with Gasteiger partial charge in [0.15, 0.2) is 0 Å². The highest BCUT2D eigenvalue weighted by Crippen LogP contribution is 2.31. The van der Waals surface area contributed by atoms with Gasteiger partial charge in [0.05, 0.1) is 5.60 Å². The third-order valence-corrected chi connectivity index (χ3v) is 4.81. The number of likely N-dealkylation sites (tertiary alicyclic amines) is 1. The predicted octanol–water partition coefficient (Wildman–Crippen LogP) is 2.22. The third-order valence-electron chi connectivity index (χ3n) is 4.81. The molecule has 0 aromatic carbocycles. The number of allylic oxidation sites excluding steroid dienone is 2. The number of rotatable bonds is 8. The van der Waals surface area contributed by atoms with E-state index in [0.717, 1.165) is 38.9 Å². The number of β-amino-alcohol motifs (C(OH)–C–C–N with tert-alkyl or cyclic N) is 1. The van der Waals surface area contributed by atoms with Crippen molar-refractivity contribution < 1.29 is 10.2 Å². The fourth-order valence-corrected chi connectivity index (χ4v) is 3.38. The Morgan fingerprint density at radius 1 is 1.26 bits per heavy atom. The van der Waals surface area contributed by atoms with E-state index in [-0.39, 0.29) is 0 Å². The Kier molecular flexibility index (Phi) is 8.01. The summed E-state index contributed by atoms with van der Waals surface area (Å²) in [5.41, 5.74) is 8.10. The van der Waals surface area contributed by atoms with Crippen LogP contribution in [0.1, 0.15) is 60.8 Å². The van der Waals surface area contributed by atoms with Gasteiger partial charge in [-0.2, -0.15) is 0 Å². The summed E-state index contributed by atoms with van der Waals surface area (Å²) in [5.74, 6) is 1.07. The lowest BCUT2D eigenvalue weighted by Gasteiger charge is -2.38. The number of hydrazine groups is 1. The van der Waals surface area contributed by atoms with Gasteiger partial charge in [-0.1, -0.05) is 19.4 Å². The van der Waals surface area contributed by atoms with Crippen molar-refractivity contribution in [2.24, 2.45) is 11.8 Å². The van der Waals surface area contributed by atoms with Crippen LogP contribution in [0.2, 0.25) is 0 Å². The first-order valence-electron chi connectivity index (χ1n) is 8.98. The summed E-state index contributed by atoms with van der Waals surface area (Å²) < 4.78 is 0. The lowest BCUT2D eigenvalue weighted by atomic mass is 9.82. The lowest BCUT2D eigenvalue weighted by Crippen LogP contribution is -2.45. The van der Waals surface area contributed by atoms with Crippen LogP contribution in [0.5, 0.6) is 0 Å². The molecular weight excluding hydrogens is 290 g/mol. The highest BCUT2D eigenvalue weighted by Gasteiger charge is 2.29. The highest BCUT2D eigenvalue weighted by atomic mass is 16.3. The molecule has 1 rings (SSSR count). The predicted molar refractivity (Wildman–Crippen MR) is 95.6 cm³/mol. The van der Waals surface area contributed by atoms with Gasteiger partial charge >= 0.3 is 0 Å². The van der Waals surface area contributed by atoms with Gasteiger partial charge in [-0.15, -0.1) is 0 Å². The molecule has 1 aliphatic heterocycles. The largest absolute Gasteiger partial charge is 0.389 e. The molecule has 0 aliphatic carbocycles. The maximum atomic E-state index is 9.97. The zero-order valence-electron chi connectivity index (χ0n) is 15.8. The quantitative estimate of drug-likeness (QED) is 0.407. The molecule has 2 atom stereocenters. The van der Waals surface area contributed by atoms with Gasteiger partial charge < -0.3 is 20.5 Å². The second-order valence-corrected chi connectivity index (χ2v) is 7.71. The minimum absolute atomic E-state index is 0.436. The van der Waals surface area contributed by atoms with Crippen molar-refractivity contribution >= 4 is 0 Å². The van der Waals surface area contributed by atoms with Gasteiger partial charge in [0.25, 0.3) is 0 Å². The minimum Gasteiger partial charge on any atom is -0.389 e. The first-order chi connectivity index (χ1) is 10.6. The number of aliphatic hydroxyl groups is 2. The number of nitrogens with zero attached hydrogens (tertiary/aromatic N) is 1. The van der Waals surface area contributed by atoms with Gasteiger partial charge in [-0.25, -0.2) is 5.43 Å². The van der Waals surface area contributed by atoms with E-state index in [4.69, 9.17) is 0 Å². The molecule has 0 radical (unpaired) electrons. The van der Waals surface area contributed by atoms with Crippen molar-refractivity contribution in [3.8, 4) is 0 Å². The summed E-state index contributed by atoms with van der Waals surface area (Å²) in [4.78, 5) is 2.36. The van der Waals surface area contributed by atoms with E-state index < -0.39 is 11.8 Å². The average molecular weight is 328 g/mol. The summed E-state index contributed by atoms with van der Waals surface area (Å²) in [6, 6.07) is 0. The van der Waals surface area contributed by atoms with Crippen molar-refractivity contribution in [2.45, 2.75) is 72.6 Å². The topological polar surface area (TPSA) is 67.8 Å². The molecular formula is C18H37N3O2. The Morgan fingerprint density at radius 3 is 2.26 bits per heavy atom. The molecule has 23 heavy (non-hydrogen) atoms. The van der Waals surface area contributed by atoms with Gasteiger partial charge in [0.2, 0.25) is 0 Å². The van der Waals surface area contributed by atoms with Crippen LogP contribution in [-0.4, -0.2) is 46.6 Å². The SMILES string of the molecule is CC/C(C)=C(\NNC(C)O)C(C)C1CCN(CC(C)(C)O)CC1. The molecule has 0 saturated carbocycles. The van der Waals surface area contributed by atoms with Crippen LogP contribution in [-0.2, 0) is 0 Å². The van der Waals surface area contributed by atoms with E-state index in [1.54, 1.807) is 6.92 Å². The highest BCUT2D eigenvalue weighted by molar-refractivity contribution is 5.13. The van der Waals surface area contributed by atoms with Crippen molar-refractivity contribution in [1.29, 1.82) is 0 Å². The zero-order chi connectivity index (χ0) is 17.6. The second-order valence-electron chi connectivity index (χ2n) is 7.71. The molecule has 0 aromatic rings. The summed E-state index contributed by atoms with van der Waals surface area (Å²) in [7, 11) is 0. The number of nitrogens with one attached hydrogen (secondary N) is 2. The molecule has 4 N–H and O–H groups in total. The summed E-state index contributed by atoms with van der Waals surface area (Å²) >= 11 is 0. The van der Waals surface area contributed by atoms with Gasteiger partial charge in [0.1, 0.15) is 6.23 Å². The van der Waals surface area contributed by atoms with E-state index in [9.17, 15) is 10.2 Å². The van der Waals surface area contributed by atoms with Crippen LogP contribution in [0, 0.1) is 11.8 Å². The third kappa shape index (κ3) is 7.21. The Morgan fingerprint density at radius 2 is 1.83 bits per heavy atom. The fourth-order valence-electron chi connectivity index (χ4n) is 3.38. The van der Waals surface area contributed by atoms with E-state index in [1.807, 2.05) is 13.8 Å². The van der Waals surface area contributed by atoms with Crippen LogP contribution >= 0.6 is 0 Å². The minimum atomic E-state index is -0.620. The van der Waals surface area contributed by atoms with Crippen molar-refractivity contribution in [3.05, 3.63) is 11.3 Å². The van der Waals surface area contributed by atoms with Crippen LogP contribution < -0.4 is 10.9 Å². The molecule has 5 heteroatoms. The van der Waals surface area contributed by atoms with E-state index >= 15 is 0 Å². The molecule has 0 spiro atoms. The van der Waals surface area contributed by atoms with Crippen LogP contribution in [0.15, 0.2) is 11.3 Å². The standard InChI is InChI=1S/C18H37N3O2/c1-7-13(2)17(20-19-15(4)22)14(3)16-8-10-21(11-9-16)12-18(5,6)23/h14-16,19-20,22-23H,7-12H2,1-6H3/b17-13-. The number of hydrogen-bond acceptors (Lipinski definition) is 5. The Hall–Kier alpha value is -0.620. The summed E-state index contributed by atoms with van der Waals surface area (Å²) in [6.45, 7) is 14.9. The summed E-state index contributed by atoms with van der Waals surface area (Å²) in [6.07, 6.45) is 2.73. The number of aliphatic hydroxyl groups excluding tert-OH is 1. The first-order valence-corrected chi connectivity index (χ1v) is 8.98. The molecule has 1 heterocycles. The number of hydrogen-bond donors (Lipinski definition) is 4. The van der Waals surface area contributed by atoms with E-state index in [2.05, 4.69) is 36.5 Å².